The standard InChI is InChI=1S/C18H17FN2O4/c1-2-24-10-9-20-17(22)21-15-8-5-13(11-16(15)25-18(21)23)12-3-6-14(19)7-4-12/h3-8,11H,2,9-10H2,1H3,(H,20,22). The molecule has 0 radical (unpaired) electrons. The molecule has 1 amide bonds. The third-order valence-corrected chi connectivity index (χ3v) is 3.69. The van der Waals surface area contributed by atoms with Crippen molar-refractivity contribution in [1.82, 2.24) is 9.88 Å². The average molecular weight is 344 g/mol. The SMILES string of the molecule is CCOCCNC(=O)n1c(=O)oc2cc(-c3ccc(F)cc3)ccc21. The summed E-state index contributed by atoms with van der Waals surface area (Å²) in [6.07, 6.45) is 0. The first-order valence-electron chi connectivity index (χ1n) is 7.87. The molecule has 3 rings (SSSR count). The van der Waals surface area contributed by atoms with Crippen LogP contribution in [-0.4, -0.2) is 30.4 Å². The summed E-state index contributed by atoms with van der Waals surface area (Å²) in [6.45, 7) is 3.06. The Morgan fingerprint density at radius 1 is 1.20 bits per heavy atom. The monoisotopic (exact) mass is 344 g/mol. The van der Waals surface area contributed by atoms with Crippen molar-refractivity contribution in [1.29, 1.82) is 0 Å². The van der Waals surface area contributed by atoms with E-state index in [1.165, 1.54) is 12.1 Å². The maximum Gasteiger partial charge on any atom is 0.428 e. The molecule has 1 aromatic heterocycles. The van der Waals surface area contributed by atoms with Gasteiger partial charge in [-0.25, -0.2) is 14.0 Å². The molecule has 0 fully saturated rings. The minimum absolute atomic E-state index is 0.284. The highest BCUT2D eigenvalue weighted by Gasteiger charge is 2.16. The number of hydrogen-bond donors (Lipinski definition) is 1. The van der Waals surface area contributed by atoms with E-state index in [-0.39, 0.29) is 11.4 Å². The Kier molecular flexibility index (Phi) is 4.95. The molecular formula is C18H17FN2O4. The van der Waals surface area contributed by atoms with Crippen molar-refractivity contribution in [2.24, 2.45) is 0 Å². The van der Waals surface area contributed by atoms with Crippen molar-refractivity contribution in [3.63, 3.8) is 0 Å². The summed E-state index contributed by atoms with van der Waals surface area (Å²) in [5, 5.41) is 2.60. The van der Waals surface area contributed by atoms with Crippen LogP contribution in [0.1, 0.15) is 6.92 Å². The fourth-order valence-corrected chi connectivity index (χ4v) is 2.49. The number of nitrogens with one attached hydrogen (secondary N) is 1. The Morgan fingerprint density at radius 2 is 1.92 bits per heavy atom. The van der Waals surface area contributed by atoms with Gasteiger partial charge in [0, 0.05) is 13.2 Å². The van der Waals surface area contributed by atoms with Crippen LogP contribution in [0.3, 0.4) is 0 Å². The van der Waals surface area contributed by atoms with Gasteiger partial charge in [0.1, 0.15) is 5.82 Å². The molecular weight excluding hydrogens is 327 g/mol. The predicted molar refractivity (Wildman–Crippen MR) is 91.2 cm³/mol. The van der Waals surface area contributed by atoms with Gasteiger partial charge in [0.25, 0.3) is 0 Å². The van der Waals surface area contributed by atoms with E-state index in [1.54, 1.807) is 30.3 Å². The number of nitrogens with zero attached hydrogens (tertiary/aromatic N) is 1. The van der Waals surface area contributed by atoms with Crippen molar-refractivity contribution < 1.29 is 18.3 Å². The zero-order valence-corrected chi connectivity index (χ0v) is 13.6. The Hall–Kier alpha value is -2.93. The first kappa shape index (κ1) is 16.9. The van der Waals surface area contributed by atoms with Crippen molar-refractivity contribution in [2.75, 3.05) is 19.8 Å². The van der Waals surface area contributed by atoms with E-state index in [0.717, 1.165) is 15.7 Å². The second-order valence-electron chi connectivity index (χ2n) is 5.32. The minimum atomic E-state index is -0.764. The van der Waals surface area contributed by atoms with Crippen LogP contribution < -0.4 is 11.1 Å². The summed E-state index contributed by atoms with van der Waals surface area (Å²) in [7, 11) is 0. The van der Waals surface area contributed by atoms with Gasteiger partial charge in [0.2, 0.25) is 0 Å². The molecule has 0 atom stereocenters. The lowest BCUT2D eigenvalue weighted by Crippen LogP contribution is -2.36. The van der Waals surface area contributed by atoms with Gasteiger partial charge >= 0.3 is 11.8 Å². The number of oxazole rings is 1. The molecule has 3 aromatic rings. The summed E-state index contributed by atoms with van der Waals surface area (Å²) in [5.74, 6) is -1.09. The number of amides is 1. The smallest absolute Gasteiger partial charge is 0.407 e. The van der Waals surface area contributed by atoms with Crippen molar-refractivity contribution in [3.05, 3.63) is 58.8 Å². The zero-order chi connectivity index (χ0) is 17.8. The lowest BCUT2D eigenvalue weighted by molar-refractivity contribution is 0.149. The van der Waals surface area contributed by atoms with Crippen molar-refractivity contribution in [2.45, 2.75) is 6.92 Å². The minimum Gasteiger partial charge on any atom is -0.407 e. The number of carbonyl (C=O) groups excluding carboxylic acids is 1. The lowest BCUT2D eigenvalue weighted by Gasteiger charge is -2.05. The summed E-state index contributed by atoms with van der Waals surface area (Å²) in [4.78, 5) is 24.2. The molecule has 0 aliphatic rings. The van der Waals surface area contributed by atoms with E-state index in [2.05, 4.69) is 5.32 Å². The Bertz CT molecular complexity index is 944. The molecule has 0 unspecified atom stereocenters. The van der Waals surface area contributed by atoms with E-state index in [0.29, 0.717) is 25.3 Å². The summed E-state index contributed by atoms with van der Waals surface area (Å²) in [5.41, 5.74) is 2.18. The van der Waals surface area contributed by atoms with E-state index < -0.39 is 11.8 Å². The fraction of sp³-hybridized carbons (Fsp3) is 0.222. The van der Waals surface area contributed by atoms with Crippen molar-refractivity contribution >= 4 is 17.1 Å². The van der Waals surface area contributed by atoms with E-state index in [4.69, 9.17) is 9.15 Å². The summed E-state index contributed by atoms with van der Waals surface area (Å²) >= 11 is 0. The second kappa shape index (κ2) is 7.31. The highest BCUT2D eigenvalue weighted by atomic mass is 19.1. The van der Waals surface area contributed by atoms with Gasteiger partial charge in [-0.05, 0) is 42.3 Å². The van der Waals surface area contributed by atoms with Crippen LogP contribution in [0.2, 0.25) is 0 Å². The number of ether oxygens (including phenoxy) is 1. The molecule has 6 nitrogen and oxygen atoms in total. The van der Waals surface area contributed by atoms with E-state index in [9.17, 15) is 14.0 Å². The fourth-order valence-electron chi connectivity index (χ4n) is 2.49. The maximum atomic E-state index is 13.0. The molecule has 1 heterocycles. The van der Waals surface area contributed by atoms with Crippen molar-refractivity contribution in [3.8, 4) is 11.1 Å². The summed E-state index contributed by atoms with van der Waals surface area (Å²) in [6, 6.07) is 10.4. The number of benzene rings is 2. The van der Waals surface area contributed by atoms with Crippen LogP contribution in [-0.2, 0) is 4.74 Å². The topological polar surface area (TPSA) is 73.5 Å². The number of hydrogen-bond acceptors (Lipinski definition) is 4. The predicted octanol–water partition coefficient (Wildman–Crippen LogP) is 2.99. The first-order valence-corrected chi connectivity index (χ1v) is 7.87. The van der Waals surface area contributed by atoms with Crippen LogP contribution in [0.5, 0.6) is 0 Å². The lowest BCUT2D eigenvalue weighted by atomic mass is 10.1. The molecule has 25 heavy (non-hydrogen) atoms. The van der Waals surface area contributed by atoms with Gasteiger partial charge < -0.3 is 14.5 Å². The Labute approximate surface area is 142 Å². The zero-order valence-electron chi connectivity index (χ0n) is 13.6. The van der Waals surface area contributed by atoms with Crippen LogP contribution in [0, 0.1) is 5.82 Å². The average Bonchev–Trinajstić information content (AvgIpc) is 2.94. The third-order valence-electron chi connectivity index (χ3n) is 3.69. The molecule has 1 N–H and O–H groups in total. The highest BCUT2D eigenvalue weighted by molar-refractivity contribution is 5.90. The normalized spacial score (nSPS) is 11.0. The number of fused-ring (bicyclic) bond motifs is 1. The van der Waals surface area contributed by atoms with Gasteiger partial charge in [0.05, 0.1) is 12.1 Å². The largest absolute Gasteiger partial charge is 0.428 e. The number of rotatable bonds is 5. The quantitative estimate of drug-likeness (QED) is 0.722. The maximum absolute atomic E-state index is 13.0. The molecule has 130 valence electrons. The molecule has 0 bridgehead atoms. The molecule has 2 aromatic carbocycles. The highest BCUT2D eigenvalue weighted by Crippen LogP contribution is 2.24. The Balaban J connectivity index is 1.89. The van der Waals surface area contributed by atoms with Crippen LogP contribution in [0.15, 0.2) is 51.7 Å². The van der Waals surface area contributed by atoms with Gasteiger partial charge in [-0.2, -0.15) is 4.57 Å². The second-order valence-corrected chi connectivity index (χ2v) is 5.32. The van der Waals surface area contributed by atoms with Gasteiger partial charge in [0.15, 0.2) is 5.58 Å². The van der Waals surface area contributed by atoms with E-state index in [1.807, 2.05) is 6.92 Å². The molecule has 7 heteroatoms. The van der Waals surface area contributed by atoms with Gasteiger partial charge in [-0.3, -0.25) is 0 Å². The first-order chi connectivity index (χ1) is 12.1. The van der Waals surface area contributed by atoms with Crippen LogP contribution in [0.25, 0.3) is 22.2 Å². The van der Waals surface area contributed by atoms with Gasteiger partial charge in [-0.15, -0.1) is 0 Å². The van der Waals surface area contributed by atoms with E-state index >= 15 is 0 Å². The Morgan fingerprint density at radius 3 is 2.64 bits per heavy atom. The molecule has 0 aliphatic heterocycles. The number of halogens is 1. The third kappa shape index (κ3) is 3.61. The van der Waals surface area contributed by atoms with Crippen LogP contribution >= 0.6 is 0 Å². The number of carbonyl (C=O) groups is 1. The van der Waals surface area contributed by atoms with Gasteiger partial charge in [-0.1, -0.05) is 18.2 Å². The van der Waals surface area contributed by atoms with Crippen LogP contribution in [0.4, 0.5) is 9.18 Å². The molecule has 0 saturated heterocycles. The number of aromatic nitrogens is 1. The molecule has 0 spiro atoms. The molecule has 0 aliphatic carbocycles. The summed E-state index contributed by atoms with van der Waals surface area (Å²) < 4.78 is 24.3. The molecule has 0 saturated carbocycles.